The third-order valence-electron chi connectivity index (χ3n) is 5.73. The number of hydrogen-bond acceptors (Lipinski definition) is 6. The number of rotatable bonds is 10. The molecular formula is C27H27F2N5O3. The number of nitrogens with zero attached hydrogens (tertiary/aromatic N) is 4. The fourth-order valence-electron chi connectivity index (χ4n) is 3.81. The van der Waals surface area contributed by atoms with Gasteiger partial charge in [-0.05, 0) is 23.3 Å². The van der Waals surface area contributed by atoms with Crippen molar-refractivity contribution in [2.24, 2.45) is 0 Å². The van der Waals surface area contributed by atoms with Gasteiger partial charge in [0.2, 0.25) is 0 Å². The quantitative estimate of drug-likeness (QED) is 0.442. The van der Waals surface area contributed by atoms with Gasteiger partial charge in [-0.2, -0.15) is 5.10 Å². The molecule has 0 unspecified atom stereocenters. The lowest BCUT2D eigenvalue weighted by molar-refractivity contribution is 0.0945. The number of halogens is 2. The van der Waals surface area contributed by atoms with E-state index in [0.717, 1.165) is 11.1 Å². The molecule has 1 aliphatic heterocycles. The molecule has 0 aliphatic carbocycles. The molecule has 0 spiro atoms. The van der Waals surface area contributed by atoms with Crippen LogP contribution in [-0.4, -0.2) is 39.8 Å². The maximum Gasteiger partial charge on any atom is 0.255 e. The molecule has 0 radical (unpaired) electrons. The van der Waals surface area contributed by atoms with Crippen molar-refractivity contribution in [2.75, 3.05) is 14.2 Å². The van der Waals surface area contributed by atoms with Crippen LogP contribution in [0.1, 0.15) is 32.9 Å². The van der Waals surface area contributed by atoms with Crippen molar-refractivity contribution in [1.29, 1.82) is 0 Å². The van der Waals surface area contributed by atoms with Crippen LogP contribution >= 0.6 is 0 Å². The number of amides is 1. The highest BCUT2D eigenvalue weighted by molar-refractivity contribution is 5.95. The molecule has 0 fully saturated rings. The zero-order chi connectivity index (χ0) is 26.4. The summed E-state index contributed by atoms with van der Waals surface area (Å²) in [5.41, 5.74) is 3.51. The van der Waals surface area contributed by atoms with Crippen LogP contribution in [0.5, 0.6) is 5.75 Å². The zero-order valence-corrected chi connectivity index (χ0v) is 20.6. The second-order valence-corrected chi connectivity index (χ2v) is 8.36. The molecule has 8 nitrogen and oxygen atoms in total. The minimum absolute atomic E-state index is 0.0551. The van der Waals surface area contributed by atoms with Gasteiger partial charge in [-0.1, -0.05) is 30.8 Å². The second-order valence-electron chi connectivity index (χ2n) is 8.36. The molecule has 2 aromatic heterocycles. The number of methoxy groups -OCH3 is 2. The topological polar surface area (TPSA) is 81.5 Å². The first-order valence-electron chi connectivity index (χ1n) is 11.5. The molecule has 4 rings (SSSR count). The molecule has 0 atom stereocenters. The van der Waals surface area contributed by atoms with Crippen molar-refractivity contribution in [3.63, 3.8) is 0 Å². The second kappa shape index (κ2) is 11.6. The lowest BCUT2D eigenvalue weighted by Crippen LogP contribution is -2.24. The van der Waals surface area contributed by atoms with Gasteiger partial charge in [-0.25, -0.2) is 8.78 Å². The maximum absolute atomic E-state index is 14.4. The minimum atomic E-state index is -0.622. The third-order valence-corrected chi connectivity index (χ3v) is 5.73. The summed E-state index contributed by atoms with van der Waals surface area (Å²) in [6.07, 6.45) is 7.48. The van der Waals surface area contributed by atoms with Crippen molar-refractivity contribution in [1.82, 2.24) is 25.0 Å². The summed E-state index contributed by atoms with van der Waals surface area (Å²) in [5, 5.41) is 7.18. The molecule has 0 bridgehead atoms. The van der Waals surface area contributed by atoms with Crippen LogP contribution in [0.2, 0.25) is 0 Å². The first kappa shape index (κ1) is 25.8. The lowest BCUT2D eigenvalue weighted by Gasteiger charge is -2.23. The Kier molecular flexibility index (Phi) is 8.09. The molecule has 37 heavy (non-hydrogen) atoms. The standard InChI is InChI=1S/C27H27F2N5O3/c1-18-4-9-21(28)15-33(18)13-19-5-7-20(8-6-19)14-34-16-22(24(32-34)17-36-2)27(35)31-12-23-26(29)25(37-3)10-11-30-23/h4-11,15-16H,1,12-14,17H2,2-3H3,(H,31,35). The Labute approximate surface area is 213 Å². The Morgan fingerprint density at radius 3 is 2.49 bits per heavy atom. The summed E-state index contributed by atoms with van der Waals surface area (Å²) >= 11 is 0. The fraction of sp³-hybridized carbons (Fsp3) is 0.222. The molecule has 10 heteroatoms. The zero-order valence-electron chi connectivity index (χ0n) is 20.6. The molecular weight excluding hydrogens is 480 g/mol. The molecule has 0 saturated heterocycles. The van der Waals surface area contributed by atoms with Crippen molar-refractivity contribution in [2.45, 2.75) is 26.2 Å². The number of ether oxygens (including phenoxy) is 2. The van der Waals surface area contributed by atoms with Gasteiger partial charge in [0.05, 0.1) is 38.1 Å². The van der Waals surface area contributed by atoms with Gasteiger partial charge in [0.1, 0.15) is 11.5 Å². The number of benzene rings is 1. The summed E-state index contributed by atoms with van der Waals surface area (Å²) < 4.78 is 39.7. The van der Waals surface area contributed by atoms with E-state index in [2.05, 4.69) is 22.0 Å². The van der Waals surface area contributed by atoms with Gasteiger partial charge < -0.3 is 19.7 Å². The largest absolute Gasteiger partial charge is 0.494 e. The highest BCUT2D eigenvalue weighted by Crippen LogP contribution is 2.20. The Hall–Kier alpha value is -4.31. The minimum Gasteiger partial charge on any atom is -0.494 e. The van der Waals surface area contributed by atoms with Crippen LogP contribution in [-0.2, 0) is 31.0 Å². The maximum atomic E-state index is 14.4. The van der Waals surface area contributed by atoms with E-state index in [1.807, 2.05) is 24.3 Å². The number of nitrogens with one attached hydrogen (secondary N) is 1. The van der Waals surface area contributed by atoms with E-state index in [1.165, 1.54) is 38.8 Å². The van der Waals surface area contributed by atoms with Gasteiger partial charge in [0, 0.05) is 44.0 Å². The normalized spacial score (nSPS) is 13.0. The number of hydrogen-bond donors (Lipinski definition) is 1. The average molecular weight is 508 g/mol. The fourth-order valence-corrected chi connectivity index (χ4v) is 3.81. The molecule has 3 aromatic rings. The van der Waals surface area contributed by atoms with Gasteiger partial charge in [0.15, 0.2) is 11.6 Å². The van der Waals surface area contributed by atoms with E-state index in [9.17, 15) is 13.6 Å². The van der Waals surface area contributed by atoms with Crippen LogP contribution in [0.15, 0.2) is 79.2 Å². The smallest absolute Gasteiger partial charge is 0.255 e. The van der Waals surface area contributed by atoms with Gasteiger partial charge in [0.25, 0.3) is 5.91 Å². The van der Waals surface area contributed by atoms with Crippen molar-refractivity contribution in [3.8, 4) is 5.75 Å². The first-order chi connectivity index (χ1) is 17.9. The van der Waals surface area contributed by atoms with Gasteiger partial charge in [-0.3, -0.25) is 14.5 Å². The van der Waals surface area contributed by atoms with Crippen molar-refractivity contribution >= 4 is 5.91 Å². The summed E-state index contributed by atoms with van der Waals surface area (Å²) in [5.74, 6) is -1.31. The Balaban J connectivity index is 1.42. The van der Waals surface area contributed by atoms with Gasteiger partial charge in [-0.15, -0.1) is 0 Å². The molecule has 1 aromatic carbocycles. The highest BCUT2D eigenvalue weighted by Gasteiger charge is 2.18. The number of pyridine rings is 1. The summed E-state index contributed by atoms with van der Waals surface area (Å²) in [4.78, 5) is 18.6. The SMILES string of the molecule is C=C1C=CC(F)=CN1Cc1ccc(Cn2cc(C(=O)NCc3nccc(OC)c3F)c(COC)n2)cc1. The predicted octanol–water partition coefficient (Wildman–Crippen LogP) is 4.25. The van der Waals surface area contributed by atoms with Gasteiger partial charge >= 0.3 is 0 Å². The molecule has 3 heterocycles. The number of allylic oxidation sites excluding steroid dienone is 3. The molecule has 192 valence electrons. The van der Waals surface area contributed by atoms with Crippen LogP contribution in [0.25, 0.3) is 0 Å². The van der Waals surface area contributed by atoms with Crippen molar-refractivity contribution < 1.29 is 23.0 Å². The first-order valence-corrected chi connectivity index (χ1v) is 11.5. The summed E-state index contributed by atoms with van der Waals surface area (Å²) in [6.45, 7) is 4.86. The number of aromatic nitrogens is 3. The molecule has 1 aliphatic rings. The molecule has 1 amide bonds. The monoisotopic (exact) mass is 507 g/mol. The van der Waals surface area contributed by atoms with Crippen LogP contribution in [0.3, 0.4) is 0 Å². The molecule has 1 N–H and O–H groups in total. The van der Waals surface area contributed by atoms with E-state index in [0.29, 0.717) is 30.0 Å². The van der Waals surface area contributed by atoms with Crippen molar-refractivity contribution in [3.05, 3.63) is 113 Å². The highest BCUT2D eigenvalue weighted by atomic mass is 19.1. The third kappa shape index (κ3) is 6.28. The summed E-state index contributed by atoms with van der Waals surface area (Å²) in [7, 11) is 2.88. The van der Waals surface area contributed by atoms with E-state index in [-0.39, 0.29) is 30.4 Å². The van der Waals surface area contributed by atoms with E-state index < -0.39 is 11.7 Å². The Bertz CT molecular complexity index is 1350. The average Bonchev–Trinajstić information content (AvgIpc) is 3.29. The Morgan fingerprint density at radius 1 is 1.05 bits per heavy atom. The van der Waals surface area contributed by atoms with E-state index in [4.69, 9.17) is 9.47 Å². The Morgan fingerprint density at radius 2 is 1.78 bits per heavy atom. The number of carbonyl (C=O) groups excluding carboxylic acids is 1. The lowest BCUT2D eigenvalue weighted by atomic mass is 10.1. The van der Waals surface area contributed by atoms with Crippen LogP contribution in [0.4, 0.5) is 8.78 Å². The molecule has 0 saturated carbocycles. The van der Waals surface area contributed by atoms with Crippen LogP contribution in [0, 0.1) is 5.82 Å². The van der Waals surface area contributed by atoms with E-state index in [1.54, 1.807) is 21.9 Å². The summed E-state index contributed by atoms with van der Waals surface area (Å²) in [6, 6.07) is 9.22. The predicted molar refractivity (Wildman–Crippen MR) is 133 cm³/mol. The van der Waals surface area contributed by atoms with E-state index >= 15 is 0 Å². The number of carbonyl (C=O) groups is 1. The van der Waals surface area contributed by atoms with Crippen LogP contribution < -0.4 is 10.1 Å².